The molecule has 2 aromatic carbocycles. The van der Waals surface area contributed by atoms with E-state index in [1.165, 1.54) is 0 Å². The zero-order chi connectivity index (χ0) is 18.1. The summed E-state index contributed by atoms with van der Waals surface area (Å²) in [5.41, 5.74) is 0.716. The third-order valence-corrected chi connectivity index (χ3v) is 4.85. The predicted molar refractivity (Wildman–Crippen MR) is 92.1 cm³/mol. The zero-order valence-corrected chi connectivity index (χ0v) is 14.3. The Kier molecular flexibility index (Phi) is 6.71. The van der Waals surface area contributed by atoms with Crippen LogP contribution in [0.25, 0.3) is 0 Å². The quantitative estimate of drug-likeness (QED) is 0.669. The van der Waals surface area contributed by atoms with Gasteiger partial charge in [0.05, 0.1) is 22.6 Å². The molecule has 2 rings (SSSR count). The topological polar surface area (TPSA) is 86.7 Å². The van der Waals surface area contributed by atoms with Crippen LogP contribution < -0.4 is 0 Å². The maximum absolute atomic E-state index is 11.9. The molecule has 0 saturated carbocycles. The second-order valence-corrected chi connectivity index (χ2v) is 7.46. The highest BCUT2D eigenvalue weighted by Gasteiger charge is 2.15. The summed E-state index contributed by atoms with van der Waals surface area (Å²) in [6, 6.07) is 16.6. The van der Waals surface area contributed by atoms with Crippen LogP contribution in [0.15, 0.2) is 60.7 Å². The van der Waals surface area contributed by atoms with Crippen molar-refractivity contribution in [2.75, 3.05) is 24.7 Å². The van der Waals surface area contributed by atoms with Crippen molar-refractivity contribution in [2.45, 2.75) is 0 Å². The number of carbonyl (C=O) groups excluding carboxylic acids is 2. The number of benzene rings is 2. The maximum atomic E-state index is 11.9. The highest BCUT2D eigenvalue weighted by atomic mass is 32.2. The van der Waals surface area contributed by atoms with Crippen LogP contribution in [0, 0.1) is 0 Å². The third-order valence-electron chi connectivity index (χ3n) is 3.27. The standard InChI is InChI=1S/C18H18O6S/c19-17(15-7-3-1-4-8-15)23-11-13-25(21,22)14-12-24-18(20)16-9-5-2-6-10-16/h1-10H,11-14H2. The molecule has 7 heteroatoms. The van der Waals surface area contributed by atoms with Gasteiger partial charge in [0.1, 0.15) is 13.2 Å². The van der Waals surface area contributed by atoms with E-state index in [9.17, 15) is 18.0 Å². The summed E-state index contributed by atoms with van der Waals surface area (Å²) in [7, 11) is -3.49. The van der Waals surface area contributed by atoms with Crippen molar-refractivity contribution >= 4 is 21.8 Å². The zero-order valence-electron chi connectivity index (χ0n) is 13.5. The Morgan fingerprint density at radius 2 is 1.04 bits per heavy atom. The van der Waals surface area contributed by atoms with Crippen molar-refractivity contribution in [3.63, 3.8) is 0 Å². The molecule has 0 amide bonds. The summed E-state index contributed by atoms with van der Waals surface area (Å²) >= 11 is 0. The van der Waals surface area contributed by atoms with E-state index in [1.54, 1.807) is 60.7 Å². The van der Waals surface area contributed by atoms with E-state index in [2.05, 4.69) is 0 Å². The van der Waals surface area contributed by atoms with E-state index < -0.39 is 21.8 Å². The smallest absolute Gasteiger partial charge is 0.338 e. The van der Waals surface area contributed by atoms with Crippen molar-refractivity contribution < 1.29 is 27.5 Å². The molecule has 0 aliphatic rings. The molecule has 0 spiro atoms. The van der Waals surface area contributed by atoms with Gasteiger partial charge in [-0.1, -0.05) is 36.4 Å². The minimum absolute atomic E-state index is 0.247. The Morgan fingerprint density at radius 3 is 1.40 bits per heavy atom. The van der Waals surface area contributed by atoms with Crippen LogP contribution in [-0.2, 0) is 19.3 Å². The van der Waals surface area contributed by atoms with Gasteiger partial charge in [-0.15, -0.1) is 0 Å². The largest absolute Gasteiger partial charge is 0.461 e. The maximum Gasteiger partial charge on any atom is 0.338 e. The molecule has 0 bridgehead atoms. The number of hydrogen-bond acceptors (Lipinski definition) is 6. The molecule has 0 radical (unpaired) electrons. The fourth-order valence-corrected chi connectivity index (χ4v) is 2.82. The molecule has 6 nitrogen and oxygen atoms in total. The number of hydrogen-bond donors (Lipinski definition) is 0. The SMILES string of the molecule is O=C(OCCS(=O)(=O)CCOC(=O)c1ccccc1)c1ccccc1. The van der Waals surface area contributed by atoms with Crippen LogP contribution in [0.4, 0.5) is 0 Å². The molecule has 0 unspecified atom stereocenters. The van der Waals surface area contributed by atoms with Crippen molar-refractivity contribution in [1.29, 1.82) is 0 Å². The summed E-state index contributed by atoms with van der Waals surface area (Å²) in [4.78, 5) is 23.4. The first kappa shape index (κ1) is 18.7. The summed E-state index contributed by atoms with van der Waals surface area (Å²) in [6.07, 6.45) is 0. The van der Waals surface area contributed by atoms with Crippen molar-refractivity contribution in [1.82, 2.24) is 0 Å². The number of carbonyl (C=O) groups is 2. The van der Waals surface area contributed by atoms with Crippen LogP contribution in [0.2, 0.25) is 0 Å². The van der Waals surface area contributed by atoms with Gasteiger partial charge in [-0.2, -0.15) is 0 Å². The monoisotopic (exact) mass is 362 g/mol. The van der Waals surface area contributed by atoms with Crippen molar-refractivity contribution in [2.24, 2.45) is 0 Å². The Labute approximate surface area is 146 Å². The molecule has 25 heavy (non-hydrogen) atoms. The first-order valence-corrected chi connectivity index (χ1v) is 9.45. The third kappa shape index (κ3) is 6.39. The van der Waals surface area contributed by atoms with Crippen LogP contribution in [0.1, 0.15) is 20.7 Å². The molecule has 0 N–H and O–H groups in total. The van der Waals surface area contributed by atoms with E-state index in [0.717, 1.165) is 0 Å². The van der Waals surface area contributed by atoms with E-state index in [0.29, 0.717) is 11.1 Å². The van der Waals surface area contributed by atoms with Gasteiger partial charge in [0, 0.05) is 0 Å². The van der Waals surface area contributed by atoms with Crippen LogP contribution in [0.5, 0.6) is 0 Å². The Bertz CT molecular complexity index is 736. The molecule has 0 saturated heterocycles. The molecule has 0 aliphatic carbocycles. The minimum atomic E-state index is -3.49. The number of esters is 2. The second-order valence-electron chi connectivity index (χ2n) is 5.16. The summed E-state index contributed by atoms with van der Waals surface area (Å²) in [5, 5.41) is 0. The van der Waals surface area contributed by atoms with E-state index >= 15 is 0 Å². The van der Waals surface area contributed by atoms with E-state index in [-0.39, 0.29) is 24.7 Å². The molecular formula is C18H18O6S. The molecule has 0 aliphatic heterocycles. The number of ether oxygens (including phenoxy) is 2. The predicted octanol–water partition coefficient (Wildman–Crippen LogP) is 2.12. The molecule has 0 fully saturated rings. The van der Waals surface area contributed by atoms with Crippen molar-refractivity contribution in [3.05, 3.63) is 71.8 Å². The van der Waals surface area contributed by atoms with Crippen molar-refractivity contribution in [3.8, 4) is 0 Å². The Balaban J connectivity index is 1.71. The summed E-state index contributed by atoms with van der Waals surface area (Å²) < 4.78 is 33.6. The molecule has 132 valence electrons. The lowest BCUT2D eigenvalue weighted by molar-refractivity contribution is 0.0525. The second kappa shape index (κ2) is 8.98. The fraction of sp³-hybridized carbons (Fsp3) is 0.222. The van der Waals surface area contributed by atoms with Gasteiger partial charge < -0.3 is 9.47 Å². The summed E-state index contributed by atoms with van der Waals surface area (Å²) in [5.74, 6) is -1.80. The van der Waals surface area contributed by atoms with Gasteiger partial charge >= 0.3 is 11.9 Å². The van der Waals surface area contributed by atoms with Gasteiger partial charge in [-0.25, -0.2) is 18.0 Å². The lowest BCUT2D eigenvalue weighted by Gasteiger charge is -2.07. The summed E-state index contributed by atoms with van der Waals surface area (Å²) in [6.45, 7) is -0.495. The molecule has 2 aromatic rings. The highest BCUT2D eigenvalue weighted by Crippen LogP contribution is 2.03. The van der Waals surface area contributed by atoms with Gasteiger partial charge in [-0.05, 0) is 24.3 Å². The number of sulfone groups is 1. The van der Waals surface area contributed by atoms with Crippen LogP contribution in [0.3, 0.4) is 0 Å². The lowest BCUT2D eigenvalue weighted by Crippen LogP contribution is -2.21. The molecule has 0 atom stereocenters. The fourth-order valence-electron chi connectivity index (χ4n) is 1.94. The first-order valence-electron chi connectivity index (χ1n) is 7.63. The Morgan fingerprint density at radius 1 is 0.680 bits per heavy atom. The lowest BCUT2D eigenvalue weighted by atomic mass is 10.2. The van der Waals surface area contributed by atoms with Gasteiger partial charge in [-0.3, -0.25) is 0 Å². The highest BCUT2D eigenvalue weighted by molar-refractivity contribution is 7.91. The van der Waals surface area contributed by atoms with Gasteiger partial charge in [0.15, 0.2) is 9.84 Å². The molecule has 0 aromatic heterocycles. The van der Waals surface area contributed by atoms with Gasteiger partial charge in [0.25, 0.3) is 0 Å². The average Bonchev–Trinajstić information content (AvgIpc) is 2.62. The number of rotatable bonds is 8. The minimum Gasteiger partial charge on any atom is -0.461 e. The van der Waals surface area contributed by atoms with Crippen LogP contribution in [-0.4, -0.2) is 45.1 Å². The average molecular weight is 362 g/mol. The van der Waals surface area contributed by atoms with Gasteiger partial charge in [0.2, 0.25) is 0 Å². The van der Waals surface area contributed by atoms with E-state index in [4.69, 9.17) is 9.47 Å². The normalized spacial score (nSPS) is 10.9. The van der Waals surface area contributed by atoms with E-state index in [1.807, 2.05) is 0 Å². The molecule has 0 heterocycles. The Hall–Kier alpha value is -2.67. The first-order chi connectivity index (χ1) is 12.0. The molecular weight excluding hydrogens is 344 g/mol. The van der Waals surface area contributed by atoms with Crippen LogP contribution >= 0.6 is 0 Å².